The Morgan fingerprint density at radius 2 is 2.00 bits per heavy atom. The third kappa shape index (κ3) is 2.89. The Morgan fingerprint density at radius 1 is 1.40 bits per heavy atom. The highest BCUT2D eigenvalue weighted by Crippen LogP contribution is 2.29. The highest BCUT2D eigenvalue weighted by molar-refractivity contribution is 6.30. The Morgan fingerprint density at radius 3 is 2.40 bits per heavy atom. The van der Waals surface area contributed by atoms with Gasteiger partial charge in [-0.15, -0.1) is 0 Å². The summed E-state index contributed by atoms with van der Waals surface area (Å²) in [5.41, 5.74) is 0.282. The molecule has 0 aromatic carbocycles. The average molecular weight is 232 g/mol. The van der Waals surface area contributed by atoms with E-state index in [-0.39, 0.29) is 22.6 Å². The number of aromatic nitrogens is 1. The third-order valence-corrected chi connectivity index (χ3v) is 2.60. The number of aliphatic hydroxyl groups excluding tert-OH is 1. The molecular weight excluding hydrogens is 217 g/mol. The summed E-state index contributed by atoms with van der Waals surface area (Å²) in [7, 11) is 0. The van der Waals surface area contributed by atoms with E-state index in [1.54, 1.807) is 6.92 Å². The van der Waals surface area contributed by atoms with Crippen LogP contribution in [0.3, 0.4) is 0 Å². The molecular formula is C11H15ClFNO. The van der Waals surface area contributed by atoms with E-state index in [0.29, 0.717) is 0 Å². The minimum atomic E-state index is -0.631. The molecule has 84 valence electrons. The molecule has 2 unspecified atom stereocenters. The second kappa shape index (κ2) is 4.90. The van der Waals surface area contributed by atoms with Gasteiger partial charge in [-0.25, -0.2) is 4.39 Å². The normalized spacial score (nSPS) is 15.4. The van der Waals surface area contributed by atoms with Gasteiger partial charge in [0.1, 0.15) is 5.82 Å². The van der Waals surface area contributed by atoms with Crippen LogP contribution < -0.4 is 0 Å². The van der Waals surface area contributed by atoms with Crippen LogP contribution in [0.1, 0.15) is 32.4 Å². The summed E-state index contributed by atoms with van der Waals surface area (Å²) in [5.74, 6) is -0.641. The fraction of sp³-hybridized carbons (Fsp3) is 0.545. The van der Waals surface area contributed by atoms with E-state index in [1.807, 2.05) is 13.8 Å². The van der Waals surface area contributed by atoms with Crippen LogP contribution in [0.4, 0.5) is 4.39 Å². The maximum Gasteiger partial charge on any atom is 0.146 e. The van der Waals surface area contributed by atoms with Gasteiger partial charge in [0.25, 0.3) is 0 Å². The number of pyridine rings is 1. The molecule has 0 radical (unpaired) electrons. The van der Waals surface area contributed by atoms with Gasteiger partial charge in [-0.1, -0.05) is 25.4 Å². The van der Waals surface area contributed by atoms with Crippen LogP contribution in [0.2, 0.25) is 5.02 Å². The van der Waals surface area contributed by atoms with Crippen LogP contribution in [0.15, 0.2) is 12.3 Å². The fourth-order valence-electron chi connectivity index (χ4n) is 1.77. The van der Waals surface area contributed by atoms with Gasteiger partial charge < -0.3 is 5.11 Å². The van der Waals surface area contributed by atoms with Gasteiger partial charge in [-0.05, 0) is 18.9 Å². The molecule has 0 spiro atoms. The number of aliphatic hydroxyl groups is 1. The summed E-state index contributed by atoms with van der Waals surface area (Å²) in [5, 5.41) is 9.86. The molecule has 0 aliphatic heterocycles. The smallest absolute Gasteiger partial charge is 0.146 e. The molecule has 0 saturated heterocycles. The zero-order chi connectivity index (χ0) is 11.6. The lowest BCUT2D eigenvalue weighted by Crippen LogP contribution is -2.22. The van der Waals surface area contributed by atoms with Crippen molar-refractivity contribution in [1.82, 2.24) is 4.98 Å². The van der Waals surface area contributed by atoms with Gasteiger partial charge in [0.05, 0.1) is 16.8 Å². The molecule has 2 atom stereocenters. The van der Waals surface area contributed by atoms with Crippen molar-refractivity contribution in [2.75, 3.05) is 0 Å². The van der Waals surface area contributed by atoms with Crippen molar-refractivity contribution in [2.24, 2.45) is 5.92 Å². The van der Waals surface area contributed by atoms with Gasteiger partial charge in [0.2, 0.25) is 0 Å². The number of halogens is 2. The van der Waals surface area contributed by atoms with Crippen LogP contribution >= 0.6 is 11.6 Å². The summed E-state index contributed by atoms with van der Waals surface area (Å²) < 4.78 is 13.6. The Labute approximate surface area is 94.1 Å². The van der Waals surface area contributed by atoms with Crippen LogP contribution in [0, 0.1) is 11.7 Å². The van der Waals surface area contributed by atoms with Gasteiger partial charge >= 0.3 is 0 Å². The molecule has 15 heavy (non-hydrogen) atoms. The number of hydrogen-bond donors (Lipinski definition) is 1. The standard InChI is InChI=1S/C11H15ClFNO/c1-6(2)10(7(3)15)11-9(13)4-8(12)5-14-11/h4-7,10,15H,1-3H3. The largest absolute Gasteiger partial charge is 0.393 e. The van der Waals surface area contributed by atoms with Crippen molar-refractivity contribution >= 4 is 11.6 Å². The van der Waals surface area contributed by atoms with E-state index in [1.165, 1.54) is 12.3 Å². The Kier molecular flexibility index (Phi) is 4.05. The number of nitrogens with zero attached hydrogens (tertiary/aromatic N) is 1. The minimum Gasteiger partial charge on any atom is -0.393 e. The van der Waals surface area contributed by atoms with Gasteiger partial charge in [-0.2, -0.15) is 0 Å². The van der Waals surface area contributed by atoms with Crippen molar-refractivity contribution in [3.05, 3.63) is 28.8 Å². The fourth-order valence-corrected chi connectivity index (χ4v) is 1.92. The molecule has 1 N–H and O–H groups in total. The maximum atomic E-state index is 13.6. The highest BCUT2D eigenvalue weighted by atomic mass is 35.5. The second-order valence-electron chi connectivity index (χ2n) is 4.03. The molecule has 0 aliphatic rings. The van der Waals surface area contributed by atoms with E-state index in [9.17, 15) is 9.50 Å². The van der Waals surface area contributed by atoms with Crippen LogP contribution in [-0.4, -0.2) is 16.2 Å². The predicted molar refractivity (Wildman–Crippen MR) is 58.5 cm³/mol. The van der Waals surface area contributed by atoms with E-state index in [4.69, 9.17) is 11.6 Å². The summed E-state index contributed by atoms with van der Waals surface area (Å²) in [6, 6.07) is 1.22. The average Bonchev–Trinajstić information content (AvgIpc) is 2.08. The molecule has 0 saturated carbocycles. The minimum absolute atomic E-state index is 0.119. The first-order chi connectivity index (χ1) is 6.93. The predicted octanol–water partition coefficient (Wildman–Crippen LogP) is 2.99. The molecule has 1 rings (SSSR count). The van der Waals surface area contributed by atoms with E-state index < -0.39 is 11.9 Å². The van der Waals surface area contributed by atoms with Gasteiger partial charge in [-0.3, -0.25) is 4.98 Å². The Bertz CT molecular complexity index is 333. The number of rotatable bonds is 3. The molecule has 0 bridgehead atoms. The molecule has 0 fully saturated rings. The lowest BCUT2D eigenvalue weighted by Gasteiger charge is -2.23. The van der Waals surface area contributed by atoms with Crippen LogP contribution in [0.5, 0.6) is 0 Å². The monoisotopic (exact) mass is 231 g/mol. The summed E-state index contributed by atoms with van der Waals surface area (Å²) in [6.07, 6.45) is 0.769. The van der Waals surface area contributed by atoms with E-state index >= 15 is 0 Å². The molecule has 1 heterocycles. The highest BCUT2D eigenvalue weighted by Gasteiger charge is 2.25. The van der Waals surface area contributed by atoms with Crippen molar-refractivity contribution < 1.29 is 9.50 Å². The third-order valence-electron chi connectivity index (χ3n) is 2.39. The van der Waals surface area contributed by atoms with Crippen LogP contribution in [-0.2, 0) is 0 Å². The van der Waals surface area contributed by atoms with Crippen molar-refractivity contribution in [2.45, 2.75) is 32.8 Å². The zero-order valence-corrected chi connectivity index (χ0v) is 9.79. The Balaban J connectivity index is 3.12. The topological polar surface area (TPSA) is 33.1 Å². The SMILES string of the molecule is CC(C)C(c1ncc(Cl)cc1F)C(C)O. The number of hydrogen-bond acceptors (Lipinski definition) is 2. The van der Waals surface area contributed by atoms with E-state index in [0.717, 1.165) is 0 Å². The van der Waals surface area contributed by atoms with Crippen molar-refractivity contribution in [3.63, 3.8) is 0 Å². The molecule has 1 aromatic heterocycles. The lowest BCUT2D eigenvalue weighted by molar-refractivity contribution is 0.136. The van der Waals surface area contributed by atoms with Gasteiger partial charge in [0, 0.05) is 12.1 Å². The van der Waals surface area contributed by atoms with Crippen LogP contribution in [0.25, 0.3) is 0 Å². The quantitative estimate of drug-likeness (QED) is 0.868. The maximum absolute atomic E-state index is 13.6. The Hall–Kier alpha value is -0.670. The summed E-state index contributed by atoms with van der Waals surface area (Å²) in [6.45, 7) is 5.49. The zero-order valence-electron chi connectivity index (χ0n) is 9.04. The summed E-state index contributed by atoms with van der Waals surface area (Å²) in [4.78, 5) is 3.95. The first-order valence-corrected chi connectivity index (χ1v) is 5.30. The molecule has 4 heteroatoms. The van der Waals surface area contributed by atoms with E-state index in [2.05, 4.69) is 4.98 Å². The first-order valence-electron chi connectivity index (χ1n) is 4.92. The molecule has 2 nitrogen and oxygen atoms in total. The molecule has 0 amide bonds. The first kappa shape index (κ1) is 12.4. The lowest BCUT2D eigenvalue weighted by atomic mass is 9.87. The van der Waals surface area contributed by atoms with Gasteiger partial charge in [0.15, 0.2) is 0 Å². The van der Waals surface area contributed by atoms with Crippen molar-refractivity contribution in [1.29, 1.82) is 0 Å². The van der Waals surface area contributed by atoms with Crippen molar-refractivity contribution in [3.8, 4) is 0 Å². The second-order valence-corrected chi connectivity index (χ2v) is 4.47. The molecule has 0 aliphatic carbocycles. The summed E-state index contributed by atoms with van der Waals surface area (Å²) >= 11 is 5.62. The molecule has 1 aromatic rings.